The zero-order chi connectivity index (χ0) is 10.7. The minimum absolute atomic E-state index is 0.149. The molecule has 0 radical (unpaired) electrons. The molecule has 0 bridgehead atoms. The van der Waals surface area contributed by atoms with E-state index in [0.29, 0.717) is 5.57 Å². The van der Waals surface area contributed by atoms with Crippen LogP contribution in [0.1, 0.15) is 13.8 Å². The number of rotatable bonds is 2. The number of ether oxygens (including phenoxy) is 2. The van der Waals surface area contributed by atoms with Gasteiger partial charge in [-0.2, -0.15) is 0 Å². The largest absolute Gasteiger partial charge is 0.497 e. The van der Waals surface area contributed by atoms with Crippen LogP contribution >= 0.6 is 0 Å². The van der Waals surface area contributed by atoms with Gasteiger partial charge in [-0.15, -0.1) is 0 Å². The summed E-state index contributed by atoms with van der Waals surface area (Å²) in [6, 6.07) is 0. The third kappa shape index (κ3) is 1.78. The minimum atomic E-state index is -0.434. The summed E-state index contributed by atoms with van der Waals surface area (Å²) in [6.07, 6.45) is 2.03. The van der Waals surface area contributed by atoms with Crippen molar-refractivity contribution in [2.24, 2.45) is 11.8 Å². The normalized spacial score (nSPS) is 31.4. The molecule has 0 N–H and O–H groups in total. The van der Waals surface area contributed by atoms with Crippen molar-refractivity contribution in [3.63, 3.8) is 0 Å². The number of carbonyl (C=O) groups excluding carboxylic acids is 2. The molecule has 4 nitrogen and oxygen atoms in total. The Morgan fingerprint density at radius 2 is 2.21 bits per heavy atom. The molecule has 0 amide bonds. The molecule has 1 aliphatic rings. The third-order valence-electron chi connectivity index (χ3n) is 2.60. The van der Waals surface area contributed by atoms with Gasteiger partial charge in [0.1, 0.15) is 12.4 Å². The monoisotopic (exact) mass is 198 g/mol. The molecule has 1 heterocycles. The van der Waals surface area contributed by atoms with Gasteiger partial charge in [-0.05, 0) is 6.92 Å². The molecule has 1 rings (SSSR count). The molecule has 0 aliphatic carbocycles. The zero-order valence-corrected chi connectivity index (χ0v) is 8.52. The molecule has 0 saturated carbocycles. The molecule has 1 aliphatic heterocycles. The molecule has 0 aromatic carbocycles. The van der Waals surface area contributed by atoms with Gasteiger partial charge in [-0.1, -0.05) is 6.92 Å². The highest BCUT2D eigenvalue weighted by Gasteiger charge is 2.34. The van der Waals surface area contributed by atoms with Gasteiger partial charge in [0.2, 0.25) is 0 Å². The third-order valence-corrected chi connectivity index (χ3v) is 2.60. The molecule has 14 heavy (non-hydrogen) atoms. The Hall–Kier alpha value is -1.32. The van der Waals surface area contributed by atoms with Gasteiger partial charge in [-0.25, -0.2) is 4.79 Å². The van der Waals surface area contributed by atoms with E-state index < -0.39 is 5.97 Å². The molecule has 3 unspecified atom stereocenters. The Morgan fingerprint density at radius 3 is 2.71 bits per heavy atom. The maximum Gasteiger partial charge on any atom is 0.337 e. The smallest absolute Gasteiger partial charge is 0.337 e. The van der Waals surface area contributed by atoms with Crippen molar-refractivity contribution in [3.8, 4) is 0 Å². The lowest BCUT2D eigenvalue weighted by molar-refractivity contribution is -0.138. The lowest BCUT2D eigenvalue weighted by Crippen LogP contribution is -2.34. The molecule has 0 aromatic heterocycles. The van der Waals surface area contributed by atoms with Crippen LogP contribution in [-0.2, 0) is 19.1 Å². The maximum absolute atomic E-state index is 11.3. The minimum Gasteiger partial charge on any atom is -0.497 e. The first-order valence-corrected chi connectivity index (χ1v) is 4.51. The number of esters is 1. The van der Waals surface area contributed by atoms with E-state index in [4.69, 9.17) is 4.74 Å². The van der Waals surface area contributed by atoms with Crippen LogP contribution in [0.3, 0.4) is 0 Å². The van der Waals surface area contributed by atoms with Crippen molar-refractivity contribution in [2.75, 3.05) is 7.11 Å². The second-order valence-electron chi connectivity index (χ2n) is 3.41. The average Bonchev–Trinajstić information content (AvgIpc) is 2.18. The van der Waals surface area contributed by atoms with E-state index in [0.717, 1.165) is 6.29 Å². The van der Waals surface area contributed by atoms with Gasteiger partial charge in [0.05, 0.1) is 24.9 Å². The van der Waals surface area contributed by atoms with Crippen LogP contribution in [-0.4, -0.2) is 25.5 Å². The lowest BCUT2D eigenvalue weighted by Gasteiger charge is -2.30. The van der Waals surface area contributed by atoms with E-state index in [2.05, 4.69) is 4.74 Å². The highest BCUT2D eigenvalue weighted by molar-refractivity contribution is 5.89. The lowest BCUT2D eigenvalue weighted by atomic mass is 9.84. The summed E-state index contributed by atoms with van der Waals surface area (Å²) in [7, 11) is 1.31. The predicted molar refractivity (Wildman–Crippen MR) is 49.4 cm³/mol. The van der Waals surface area contributed by atoms with Gasteiger partial charge in [0, 0.05) is 5.92 Å². The van der Waals surface area contributed by atoms with Crippen LogP contribution < -0.4 is 0 Å². The fourth-order valence-electron chi connectivity index (χ4n) is 1.57. The van der Waals surface area contributed by atoms with E-state index in [1.165, 1.54) is 13.4 Å². The van der Waals surface area contributed by atoms with Crippen LogP contribution in [0.25, 0.3) is 0 Å². The highest BCUT2D eigenvalue weighted by Crippen LogP contribution is 2.29. The van der Waals surface area contributed by atoms with Crippen LogP contribution in [0.4, 0.5) is 0 Å². The molecule has 0 fully saturated rings. The molecule has 78 valence electrons. The zero-order valence-electron chi connectivity index (χ0n) is 8.52. The maximum atomic E-state index is 11.3. The summed E-state index contributed by atoms with van der Waals surface area (Å²) < 4.78 is 9.78. The standard InChI is InChI=1S/C10H14O4/c1-6-8(4-11)7(2)14-5-9(6)10(12)13-3/h4-8H,1-3H3. The Labute approximate surface area is 82.9 Å². The van der Waals surface area contributed by atoms with Crippen LogP contribution in [0.5, 0.6) is 0 Å². The Bertz CT molecular complexity index is 269. The van der Waals surface area contributed by atoms with E-state index in [1.54, 1.807) is 6.92 Å². The first-order chi connectivity index (χ1) is 6.61. The summed E-state index contributed by atoms with van der Waals surface area (Å²) in [5, 5.41) is 0. The summed E-state index contributed by atoms with van der Waals surface area (Å²) in [5.41, 5.74) is 0.419. The van der Waals surface area contributed by atoms with Gasteiger partial charge < -0.3 is 14.3 Å². The molecular weight excluding hydrogens is 184 g/mol. The molecule has 0 aromatic rings. The van der Waals surface area contributed by atoms with E-state index in [-0.39, 0.29) is 17.9 Å². The van der Waals surface area contributed by atoms with Crippen molar-refractivity contribution in [1.82, 2.24) is 0 Å². The highest BCUT2D eigenvalue weighted by atomic mass is 16.5. The number of carbonyl (C=O) groups is 2. The Morgan fingerprint density at radius 1 is 1.57 bits per heavy atom. The first-order valence-electron chi connectivity index (χ1n) is 4.51. The van der Waals surface area contributed by atoms with Crippen molar-refractivity contribution < 1.29 is 19.1 Å². The SMILES string of the molecule is COC(=O)C1=COC(C)C(C=O)C1C. The van der Waals surface area contributed by atoms with Crippen molar-refractivity contribution in [2.45, 2.75) is 20.0 Å². The topological polar surface area (TPSA) is 52.6 Å². The Kier molecular flexibility index (Phi) is 3.28. The van der Waals surface area contributed by atoms with Gasteiger partial charge in [0.15, 0.2) is 0 Å². The summed E-state index contributed by atoms with van der Waals surface area (Å²) in [4.78, 5) is 22.0. The van der Waals surface area contributed by atoms with E-state index >= 15 is 0 Å². The molecular formula is C10H14O4. The number of aldehydes is 1. The van der Waals surface area contributed by atoms with Crippen molar-refractivity contribution >= 4 is 12.3 Å². The van der Waals surface area contributed by atoms with Crippen molar-refractivity contribution in [1.29, 1.82) is 0 Å². The number of hydrogen-bond donors (Lipinski definition) is 0. The molecule has 4 heteroatoms. The molecule has 0 spiro atoms. The summed E-state index contributed by atoms with van der Waals surface area (Å²) in [5.74, 6) is -0.867. The predicted octanol–water partition coefficient (Wildman–Crippen LogP) is 0.913. The van der Waals surface area contributed by atoms with Gasteiger partial charge in [-0.3, -0.25) is 0 Å². The van der Waals surface area contributed by atoms with Crippen LogP contribution in [0.2, 0.25) is 0 Å². The van der Waals surface area contributed by atoms with Crippen LogP contribution in [0, 0.1) is 11.8 Å². The van der Waals surface area contributed by atoms with E-state index in [9.17, 15) is 9.59 Å². The fraction of sp³-hybridized carbons (Fsp3) is 0.600. The average molecular weight is 198 g/mol. The second kappa shape index (κ2) is 4.26. The van der Waals surface area contributed by atoms with Gasteiger partial charge >= 0.3 is 5.97 Å². The number of hydrogen-bond acceptors (Lipinski definition) is 4. The second-order valence-corrected chi connectivity index (χ2v) is 3.41. The first kappa shape index (κ1) is 10.8. The quantitative estimate of drug-likeness (QED) is 0.489. The number of methoxy groups -OCH3 is 1. The molecule has 3 atom stereocenters. The van der Waals surface area contributed by atoms with Crippen molar-refractivity contribution in [3.05, 3.63) is 11.8 Å². The molecule has 0 saturated heterocycles. The fourth-order valence-corrected chi connectivity index (χ4v) is 1.57. The summed E-state index contributed by atoms with van der Waals surface area (Å²) in [6.45, 7) is 3.63. The Balaban J connectivity index is 2.89. The van der Waals surface area contributed by atoms with Gasteiger partial charge in [0.25, 0.3) is 0 Å². The van der Waals surface area contributed by atoms with Crippen LogP contribution in [0.15, 0.2) is 11.8 Å². The summed E-state index contributed by atoms with van der Waals surface area (Å²) >= 11 is 0. The van der Waals surface area contributed by atoms with E-state index in [1.807, 2.05) is 6.92 Å².